The minimum atomic E-state index is -3.74. The van der Waals surface area contributed by atoms with Crippen LogP contribution in [0.4, 0.5) is 5.69 Å². The molecule has 0 aliphatic heterocycles. The Bertz CT molecular complexity index is 512. The summed E-state index contributed by atoms with van der Waals surface area (Å²) in [5, 5.41) is 0.317. The standard InChI is InChI=1S/C10H14Cl2N2O2S2/c1-6(5-17-2)14-18(15,16)10-8(12)3-7(11)4-9(10)13/h3-4,6,14H,5,13H2,1-2H3. The highest BCUT2D eigenvalue weighted by molar-refractivity contribution is 7.98. The van der Waals surface area contributed by atoms with Crippen molar-refractivity contribution in [3.63, 3.8) is 0 Å². The molecule has 4 nitrogen and oxygen atoms in total. The Kier molecular flexibility index (Phi) is 5.61. The second-order valence-electron chi connectivity index (χ2n) is 3.78. The highest BCUT2D eigenvalue weighted by atomic mass is 35.5. The van der Waals surface area contributed by atoms with E-state index in [2.05, 4.69) is 4.72 Å². The van der Waals surface area contributed by atoms with Crippen LogP contribution in [0.3, 0.4) is 0 Å². The fourth-order valence-corrected chi connectivity index (χ4v) is 4.39. The maximum absolute atomic E-state index is 12.1. The van der Waals surface area contributed by atoms with E-state index in [0.29, 0.717) is 10.8 Å². The molecular formula is C10H14Cl2N2O2S2. The zero-order chi connectivity index (χ0) is 13.9. The number of sulfonamides is 1. The zero-order valence-electron chi connectivity index (χ0n) is 9.91. The maximum Gasteiger partial charge on any atom is 0.244 e. The minimum absolute atomic E-state index is 0.0175. The number of benzene rings is 1. The molecule has 1 atom stereocenters. The minimum Gasteiger partial charge on any atom is -0.398 e. The smallest absolute Gasteiger partial charge is 0.244 e. The van der Waals surface area contributed by atoms with Gasteiger partial charge in [0, 0.05) is 16.8 Å². The predicted octanol–water partition coefficient (Wildman–Crippen LogP) is 2.61. The van der Waals surface area contributed by atoms with Gasteiger partial charge in [0.15, 0.2) is 0 Å². The third kappa shape index (κ3) is 3.93. The molecule has 1 rings (SSSR count). The number of halogens is 2. The quantitative estimate of drug-likeness (QED) is 0.815. The van der Waals surface area contributed by atoms with E-state index < -0.39 is 10.0 Å². The lowest BCUT2D eigenvalue weighted by molar-refractivity contribution is 0.571. The number of hydrogen-bond acceptors (Lipinski definition) is 4. The maximum atomic E-state index is 12.1. The number of nitrogens with two attached hydrogens (primary N) is 1. The molecule has 0 aliphatic rings. The van der Waals surface area contributed by atoms with Gasteiger partial charge in [0.1, 0.15) is 4.90 Å². The monoisotopic (exact) mass is 328 g/mol. The van der Waals surface area contributed by atoms with E-state index in [-0.39, 0.29) is 21.6 Å². The summed E-state index contributed by atoms with van der Waals surface area (Å²) in [4.78, 5) is -0.124. The number of nitrogens with one attached hydrogen (secondary N) is 1. The zero-order valence-corrected chi connectivity index (χ0v) is 13.1. The first kappa shape index (κ1) is 15.9. The van der Waals surface area contributed by atoms with Crippen molar-refractivity contribution >= 4 is 50.7 Å². The molecule has 18 heavy (non-hydrogen) atoms. The summed E-state index contributed by atoms with van der Waals surface area (Å²) in [6.45, 7) is 1.77. The van der Waals surface area contributed by atoms with Crippen molar-refractivity contribution in [3.05, 3.63) is 22.2 Å². The van der Waals surface area contributed by atoms with Crippen LogP contribution in [-0.4, -0.2) is 26.5 Å². The summed E-state index contributed by atoms with van der Waals surface area (Å²) in [5.41, 5.74) is 5.70. The topological polar surface area (TPSA) is 72.2 Å². The van der Waals surface area contributed by atoms with Gasteiger partial charge in [0.25, 0.3) is 0 Å². The van der Waals surface area contributed by atoms with Crippen LogP contribution in [-0.2, 0) is 10.0 Å². The van der Waals surface area contributed by atoms with Gasteiger partial charge in [-0.15, -0.1) is 0 Å². The third-order valence-electron chi connectivity index (χ3n) is 2.08. The fraction of sp³-hybridized carbons (Fsp3) is 0.400. The van der Waals surface area contributed by atoms with Gasteiger partial charge in [0.05, 0.1) is 10.7 Å². The van der Waals surface area contributed by atoms with Gasteiger partial charge >= 0.3 is 0 Å². The molecule has 0 aromatic heterocycles. The lowest BCUT2D eigenvalue weighted by Gasteiger charge is -2.15. The summed E-state index contributed by atoms with van der Waals surface area (Å²) >= 11 is 13.2. The van der Waals surface area contributed by atoms with Crippen molar-refractivity contribution in [1.82, 2.24) is 4.72 Å². The lowest BCUT2D eigenvalue weighted by Crippen LogP contribution is -2.34. The summed E-state index contributed by atoms with van der Waals surface area (Å²) in [7, 11) is -3.74. The first-order valence-electron chi connectivity index (χ1n) is 5.03. The molecule has 0 spiro atoms. The molecule has 0 amide bonds. The van der Waals surface area contributed by atoms with Gasteiger partial charge in [-0.3, -0.25) is 0 Å². The van der Waals surface area contributed by atoms with Crippen LogP contribution in [0.15, 0.2) is 17.0 Å². The fourth-order valence-electron chi connectivity index (χ4n) is 1.47. The molecule has 0 aliphatic carbocycles. The molecule has 0 radical (unpaired) electrons. The van der Waals surface area contributed by atoms with Crippen LogP contribution in [0.1, 0.15) is 6.92 Å². The summed E-state index contributed by atoms with van der Waals surface area (Å²) < 4.78 is 26.8. The molecule has 3 N–H and O–H groups in total. The highest BCUT2D eigenvalue weighted by Gasteiger charge is 2.23. The van der Waals surface area contributed by atoms with E-state index in [1.807, 2.05) is 6.26 Å². The molecule has 0 saturated carbocycles. The Balaban J connectivity index is 3.13. The normalized spacial score (nSPS) is 13.6. The second kappa shape index (κ2) is 6.34. The van der Waals surface area contributed by atoms with Crippen LogP contribution in [0.25, 0.3) is 0 Å². The second-order valence-corrected chi connectivity index (χ2v) is 7.19. The Morgan fingerprint density at radius 1 is 1.44 bits per heavy atom. The van der Waals surface area contributed by atoms with E-state index in [4.69, 9.17) is 28.9 Å². The summed E-state index contributed by atoms with van der Waals surface area (Å²) in [5.74, 6) is 0.657. The molecule has 8 heteroatoms. The van der Waals surface area contributed by atoms with Gasteiger partial charge in [-0.1, -0.05) is 23.2 Å². The predicted molar refractivity (Wildman–Crippen MR) is 79.0 cm³/mol. The average Bonchev–Trinajstić information content (AvgIpc) is 2.13. The molecule has 1 aromatic carbocycles. The van der Waals surface area contributed by atoms with Gasteiger partial charge in [0.2, 0.25) is 10.0 Å². The molecule has 1 aromatic rings. The van der Waals surface area contributed by atoms with Crippen LogP contribution < -0.4 is 10.5 Å². The van der Waals surface area contributed by atoms with E-state index in [1.165, 1.54) is 12.1 Å². The number of nitrogen functional groups attached to an aromatic ring is 1. The van der Waals surface area contributed by atoms with Crippen LogP contribution in [0.2, 0.25) is 10.0 Å². The van der Waals surface area contributed by atoms with Gasteiger partial charge < -0.3 is 5.73 Å². The van der Waals surface area contributed by atoms with E-state index in [9.17, 15) is 8.42 Å². The van der Waals surface area contributed by atoms with Gasteiger partial charge in [-0.05, 0) is 25.3 Å². The first-order chi connectivity index (χ1) is 8.27. The van der Waals surface area contributed by atoms with Crippen molar-refractivity contribution in [3.8, 4) is 0 Å². The molecule has 102 valence electrons. The van der Waals surface area contributed by atoms with E-state index in [1.54, 1.807) is 18.7 Å². The van der Waals surface area contributed by atoms with Crippen molar-refractivity contribution in [2.75, 3.05) is 17.7 Å². The highest BCUT2D eigenvalue weighted by Crippen LogP contribution is 2.31. The molecular weight excluding hydrogens is 315 g/mol. The first-order valence-corrected chi connectivity index (χ1v) is 8.67. The van der Waals surface area contributed by atoms with E-state index >= 15 is 0 Å². The van der Waals surface area contributed by atoms with Gasteiger partial charge in [-0.25, -0.2) is 13.1 Å². The van der Waals surface area contributed by atoms with Crippen molar-refractivity contribution in [2.24, 2.45) is 0 Å². The Hall–Kier alpha value is -0.140. The lowest BCUT2D eigenvalue weighted by atomic mass is 10.3. The molecule has 0 bridgehead atoms. The number of rotatable bonds is 5. The molecule has 0 fully saturated rings. The Morgan fingerprint density at radius 3 is 2.56 bits per heavy atom. The summed E-state index contributed by atoms with van der Waals surface area (Å²) in [6, 6.07) is 2.50. The van der Waals surface area contributed by atoms with Crippen molar-refractivity contribution < 1.29 is 8.42 Å². The van der Waals surface area contributed by atoms with Crippen LogP contribution in [0.5, 0.6) is 0 Å². The van der Waals surface area contributed by atoms with Gasteiger partial charge in [-0.2, -0.15) is 11.8 Å². The van der Waals surface area contributed by atoms with Crippen LogP contribution >= 0.6 is 35.0 Å². The Labute approximate surface area is 121 Å². The van der Waals surface area contributed by atoms with E-state index in [0.717, 1.165) is 0 Å². The number of thioether (sulfide) groups is 1. The number of anilines is 1. The largest absolute Gasteiger partial charge is 0.398 e. The number of hydrogen-bond donors (Lipinski definition) is 2. The SMILES string of the molecule is CSCC(C)NS(=O)(=O)c1c(N)cc(Cl)cc1Cl. The average molecular weight is 329 g/mol. The Morgan fingerprint density at radius 2 is 2.06 bits per heavy atom. The molecule has 1 unspecified atom stereocenters. The molecule has 0 heterocycles. The van der Waals surface area contributed by atoms with Crippen LogP contribution in [0, 0.1) is 0 Å². The van der Waals surface area contributed by atoms with Crippen molar-refractivity contribution in [1.29, 1.82) is 0 Å². The van der Waals surface area contributed by atoms with Crippen molar-refractivity contribution in [2.45, 2.75) is 17.9 Å². The molecule has 0 saturated heterocycles. The summed E-state index contributed by atoms with van der Waals surface area (Å²) in [6.07, 6.45) is 1.90. The third-order valence-corrected chi connectivity index (χ3v) is 5.25.